The van der Waals surface area contributed by atoms with Gasteiger partial charge in [0.25, 0.3) is 0 Å². The van der Waals surface area contributed by atoms with Crippen molar-refractivity contribution in [2.45, 2.75) is 57.9 Å². The average molecular weight is 420 g/mol. The molecule has 0 spiro atoms. The first-order valence-corrected chi connectivity index (χ1v) is 11.5. The van der Waals surface area contributed by atoms with Crippen molar-refractivity contribution >= 4 is 15.9 Å². The molecule has 1 saturated heterocycles. The van der Waals surface area contributed by atoms with Gasteiger partial charge in [0.2, 0.25) is 15.9 Å². The highest BCUT2D eigenvalue weighted by atomic mass is 32.2. The van der Waals surface area contributed by atoms with Gasteiger partial charge in [-0.05, 0) is 51.2 Å². The minimum atomic E-state index is -3.66. The molecule has 8 heteroatoms. The van der Waals surface area contributed by atoms with E-state index in [0.717, 1.165) is 12.0 Å². The second kappa shape index (κ2) is 8.67. The van der Waals surface area contributed by atoms with Gasteiger partial charge in [-0.15, -0.1) is 0 Å². The lowest BCUT2D eigenvalue weighted by Crippen LogP contribution is -2.43. The molecule has 1 aliphatic heterocycles. The van der Waals surface area contributed by atoms with Gasteiger partial charge in [0.15, 0.2) is 5.76 Å². The van der Waals surface area contributed by atoms with E-state index in [1.165, 1.54) is 9.87 Å². The zero-order valence-electron chi connectivity index (χ0n) is 17.4. The molecular weight excluding hydrogens is 390 g/mol. The van der Waals surface area contributed by atoms with Crippen LogP contribution in [0.5, 0.6) is 0 Å². The van der Waals surface area contributed by atoms with Gasteiger partial charge in [0.05, 0.1) is 6.04 Å². The van der Waals surface area contributed by atoms with E-state index in [0.29, 0.717) is 37.4 Å². The fourth-order valence-electron chi connectivity index (χ4n) is 3.79. The zero-order valence-corrected chi connectivity index (χ0v) is 18.3. The van der Waals surface area contributed by atoms with E-state index in [1.807, 2.05) is 19.1 Å². The van der Waals surface area contributed by atoms with E-state index >= 15 is 0 Å². The smallest absolute Gasteiger partial charge is 0.248 e. The van der Waals surface area contributed by atoms with E-state index in [2.05, 4.69) is 29.5 Å². The molecule has 0 saturated carbocycles. The Labute approximate surface area is 172 Å². The van der Waals surface area contributed by atoms with Gasteiger partial charge >= 0.3 is 0 Å². The third kappa shape index (κ3) is 4.53. The van der Waals surface area contributed by atoms with Crippen LogP contribution in [0.3, 0.4) is 0 Å². The van der Waals surface area contributed by atoms with Crippen molar-refractivity contribution in [1.29, 1.82) is 0 Å². The number of piperidine rings is 1. The van der Waals surface area contributed by atoms with Crippen LogP contribution < -0.4 is 5.32 Å². The summed E-state index contributed by atoms with van der Waals surface area (Å²) >= 11 is 0. The molecule has 158 valence electrons. The van der Waals surface area contributed by atoms with Crippen molar-refractivity contribution in [3.63, 3.8) is 0 Å². The Bertz CT molecular complexity index is 939. The van der Waals surface area contributed by atoms with Gasteiger partial charge in [-0.25, -0.2) is 8.42 Å². The van der Waals surface area contributed by atoms with E-state index in [4.69, 9.17) is 4.52 Å². The molecular formula is C21H29N3O4S. The lowest BCUT2D eigenvalue weighted by molar-refractivity contribution is -0.126. The first-order chi connectivity index (χ1) is 13.7. The highest BCUT2D eigenvalue weighted by molar-refractivity contribution is 7.89. The van der Waals surface area contributed by atoms with Gasteiger partial charge in [-0.3, -0.25) is 4.79 Å². The predicted octanol–water partition coefficient (Wildman–Crippen LogP) is 3.13. The van der Waals surface area contributed by atoms with Gasteiger partial charge in [-0.1, -0.05) is 36.3 Å². The highest BCUT2D eigenvalue weighted by Gasteiger charge is 2.35. The molecule has 1 N–H and O–H groups in total. The normalized spacial score (nSPS) is 17.2. The topological polar surface area (TPSA) is 92.5 Å². The number of carbonyl (C=O) groups is 1. The lowest BCUT2D eigenvalue weighted by atomic mass is 9.96. The van der Waals surface area contributed by atoms with Crippen LogP contribution in [-0.2, 0) is 21.2 Å². The molecule has 0 aliphatic carbocycles. The minimum Gasteiger partial charge on any atom is -0.360 e. The van der Waals surface area contributed by atoms with Crippen LogP contribution in [0.1, 0.15) is 55.3 Å². The summed E-state index contributed by atoms with van der Waals surface area (Å²) in [5.74, 6) is 0.0835. The Morgan fingerprint density at radius 1 is 1.24 bits per heavy atom. The Kier molecular flexibility index (Phi) is 6.43. The van der Waals surface area contributed by atoms with Gasteiger partial charge in [0, 0.05) is 19.0 Å². The van der Waals surface area contributed by atoms with Crippen LogP contribution in [0.15, 0.2) is 33.7 Å². The number of nitrogens with zero attached hydrogens (tertiary/aromatic N) is 2. The highest BCUT2D eigenvalue weighted by Crippen LogP contribution is 2.28. The molecule has 1 aliphatic rings. The summed E-state index contributed by atoms with van der Waals surface area (Å²) in [7, 11) is -3.66. The van der Waals surface area contributed by atoms with Gasteiger partial charge in [0.1, 0.15) is 10.6 Å². The van der Waals surface area contributed by atoms with Crippen molar-refractivity contribution in [3.05, 3.63) is 46.8 Å². The monoisotopic (exact) mass is 419 g/mol. The number of amides is 1. The van der Waals surface area contributed by atoms with Crippen LogP contribution >= 0.6 is 0 Å². The largest absolute Gasteiger partial charge is 0.360 e. The number of nitrogens with one attached hydrogen (secondary N) is 1. The molecule has 0 bridgehead atoms. The maximum Gasteiger partial charge on any atom is 0.248 e. The van der Waals surface area contributed by atoms with Gasteiger partial charge < -0.3 is 9.84 Å². The van der Waals surface area contributed by atoms with Crippen LogP contribution in [0, 0.1) is 19.8 Å². The molecule has 1 atom stereocenters. The molecule has 1 amide bonds. The molecule has 2 aromatic rings. The zero-order chi connectivity index (χ0) is 21.2. The van der Waals surface area contributed by atoms with Crippen molar-refractivity contribution < 1.29 is 17.7 Å². The second-order valence-corrected chi connectivity index (χ2v) is 9.53. The predicted molar refractivity (Wildman–Crippen MR) is 110 cm³/mol. The summed E-state index contributed by atoms with van der Waals surface area (Å²) in [6.07, 6.45) is 1.97. The number of benzene rings is 1. The summed E-state index contributed by atoms with van der Waals surface area (Å²) in [4.78, 5) is 12.8. The molecule has 2 heterocycles. The summed E-state index contributed by atoms with van der Waals surface area (Å²) < 4.78 is 32.3. The number of rotatable bonds is 6. The van der Waals surface area contributed by atoms with Crippen molar-refractivity contribution in [1.82, 2.24) is 14.8 Å². The van der Waals surface area contributed by atoms with E-state index in [1.54, 1.807) is 13.8 Å². The standard InChI is InChI=1S/C21H29N3O4S/c1-5-17-6-8-18(9-7-17)14(2)22-21(25)19-10-12-24(13-11-19)29(26,27)20-15(3)23-28-16(20)4/h6-9,14,19H,5,10-13H2,1-4H3,(H,22,25). The third-order valence-corrected chi connectivity index (χ3v) is 7.78. The number of carbonyl (C=O) groups excluding carboxylic acids is 1. The minimum absolute atomic E-state index is 0.0218. The van der Waals surface area contributed by atoms with Crippen LogP contribution in [-0.4, -0.2) is 36.9 Å². The van der Waals surface area contributed by atoms with Crippen LogP contribution in [0.4, 0.5) is 0 Å². The fraction of sp³-hybridized carbons (Fsp3) is 0.524. The summed E-state index contributed by atoms with van der Waals surface area (Å²) in [6, 6.07) is 8.16. The fourth-order valence-corrected chi connectivity index (χ4v) is 5.55. The maximum absolute atomic E-state index is 12.9. The molecule has 1 aromatic carbocycles. The summed E-state index contributed by atoms with van der Waals surface area (Å²) in [6.45, 7) is 7.92. The number of sulfonamides is 1. The average Bonchev–Trinajstić information content (AvgIpc) is 3.06. The Hall–Kier alpha value is -2.19. The lowest BCUT2D eigenvalue weighted by Gasteiger charge is -2.31. The number of aromatic nitrogens is 1. The summed E-state index contributed by atoms with van der Waals surface area (Å²) in [5, 5.41) is 6.82. The number of aryl methyl sites for hydroxylation is 3. The maximum atomic E-state index is 12.9. The molecule has 1 fully saturated rings. The molecule has 0 radical (unpaired) electrons. The summed E-state index contributed by atoms with van der Waals surface area (Å²) in [5.41, 5.74) is 2.69. The second-order valence-electron chi connectivity index (χ2n) is 7.66. The van der Waals surface area contributed by atoms with E-state index in [9.17, 15) is 13.2 Å². The van der Waals surface area contributed by atoms with E-state index in [-0.39, 0.29) is 22.8 Å². The molecule has 1 unspecified atom stereocenters. The Morgan fingerprint density at radius 2 is 1.86 bits per heavy atom. The van der Waals surface area contributed by atoms with Crippen LogP contribution in [0.25, 0.3) is 0 Å². The van der Waals surface area contributed by atoms with Crippen molar-refractivity contribution in [2.75, 3.05) is 13.1 Å². The number of hydrogen-bond acceptors (Lipinski definition) is 5. The van der Waals surface area contributed by atoms with Gasteiger partial charge in [-0.2, -0.15) is 4.31 Å². The Morgan fingerprint density at radius 3 is 2.38 bits per heavy atom. The van der Waals surface area contributed by atoms with Crippen molar-refractivity contribution in [3.8, 4) is 0 Å². The Balaban J connectivity index is 1.59. The van der Waals surface area contributed by atoms with Crippen molar-refractivity contribution in [2.24, 2.45) is 5.92 Å². The first-order valence-electron chi connectivity index (χ1n) is 10.1. The first kappa shape index (κ1) is 21.5. The van der Waals surface area contributed by atoms with Crippen LogP contribution in [0.2, 0.25) is 0 Å². The molecule has 7 nitrogen and oxygen atoms in total. The molecule has 29 heavy (non-hydrogen) atoms. The quantitative estimate of drug-likeness (QED) is 0.777. The molecule has 1 aromatic heterocycles. The van der Waals surface area contributed by atoms with E-state index < -0.39 is 10.0 Å². The third-order valence-electron chi connectivity index (χ3n) is 5.64. The SMILES string of the molecule is CCc1ccc(C(C)NC(=O)C2CCN(S(=O)(=O)c3c(C)noc3C)CC2)cc1. The number of hydrogen-bond donors (Lipinski definition) is 1. The molecule has 3 rings (SSSR count).